The van der Waals surface area contributed by atoms with E-state index in [0.29, 0.717) is 0 Å². The van der Waals surface area contributed by atoms with Crippen LogP contribution in [-0.4, -0.2) is 4.98 Å². The predicted molar refractivity (Wildman–Crippen MR) is 75.3 cm³/mol. The Labute approximate surface area is 107 Å². The molecule has 1 nitrogen and oxygen atoms in total. The van der Waals surface area contributed by atoms with Gasteiger partial charge in [-0.1, -0.05) is 48.5 Å². The highest BCUT2D eigenvalue weighted by molar-refractivity contribution is 5.83. The summed E-state index contributed by atoms with van der Waals surface area (Å²) in [4.78, 5) is 4.40. The van der Waals surface area contributed by atoms with E-state index in [4.69, 9.17) is 0 Å². The van der Waals surface area contributed by atoms with Gasteiger partial charge in [-0.25, -0.2) is 0 Å². The molecule has 0 saturated heterocycles. The molecule has 0 bridgehead atoms. The first-order valence-corrected chi connectivity index (χ1v) is 6.09. The molecule has 0 saturated carbocycles. The Bertz CT molecular complexity index is 659. The standard InChI is InChI=1S/C17H14N/c1-13(17-8-4-5-11-18-17)15-10-9-14-6-2-3-7-16(14)12-15/h2-12H,1H3. The van der Waals surface area contributed by atoms with Crippen molar-refractivity contribution in [1.29, 1.82) is 0 Å². The maximum Gasteiger partial charge on any atom is 0.0519 e. The fourth-order valence-corrected chi connectivity index (χ4v) is 2.16. The molecule has 2 aromatic carbocycles. The van der Waals surface area contributed by atoms with Gasteiger partial charge in [0.15, 0.2) is 0 Å². The first-order valence-electron chi connectivity index (χ1n) is 6.09. The van der Waals surface area contributed by atoms with Gasteiger partial charge < -0.3 is 0 Å². The summed E-state index contributed by atoms with van der Waals surface area (Å²) in [5, 5.41) is 2.54. The van der Waals surface area contributed by atoms with Crippen LogP contribution in [0.15, 0.2) is 66.9 Å². The number of pyridine rings is 1. The van der Waals surface area contributed by atoms with Crippen LogP contribution < -0.4 is 0 Å². The van der Waals surface area contributed by atoms with Crippen molar-refractivity contribution < 1.29 is 0 Å². The summed E-state index contributed by atoms with van der Waals surface area (Å²) in [6, 6.07) is 21.0. The van der Waals surface area contributed by atoms with E-state index in [1.165, 1.54) is 22.3 Å². The zero-order chi connectivity index (χ0) is 12.4. The van der Waals surface area contributed by atoms with Crippen LogP contribution in [0, 0.1) is 5.92 Å². The smallest absolute Gasteiger partial charge is 0.0519 e. The lowest BCUT2D eigenvalue weighted by molar-refractivity contribution is 1.09. The average Bonchev–Trinajstić information content (AvgIpc) is 2.47. The molecule has 0 aliphatic rings. The molecule has 3 aromatic rings. The van der Waals surface area contributed by atoms with Gasteiger partial charge in [-0.05, 0) is 35.4 Å². The first-order chi connectivity index (χ1) is 8.84. The molecular formula is C17H14N. The number of aromatic nitrogens is 1. The van der Waals surface area contributed by atoms with Gasteiger partial charge in [0, 0.05) is 12.1 Å². The molecule has 87 valence electrons. The molecule has 0 amide bonds. The number of rotatable bonds is 2. The SMILES string of the molecule is C[C](c1ccc2ccccc2c1)c1ccccn1. The molecule has 1 radical (unpaired) electrons. The van der Waals surface area contributed by atoms with Gasteiger partial charge in [0.25, 0.3) is 0 Å². The summed E-state index contributed by atoms with van der Waals surface area (Å²) >= 11 is 0. The molecule has 0 unspecified atom stereocenters. The zero-order valence-corrected chi connectivity index (χ0v) is 10.3. The summed E-state index contributed by atoms with van der Waals surface area (Å²) in [5.41, 5.74) is 2.26. The van der Waals surface area contributed by atoms with E-state index < -0.39 is 0 Å². The quantitative estimate of drug-likeness (QED) is 0.644. The minimum absolute atomic E-state index is 1.03. The van der Waals surface area contributed by atoms with E-state index in [9.17, 15) is 0 Å². The van der Waals surface area contributed by atoms with Crippen LogP contribution in [0.1, 0.15) is 18.2 Å². The number of hydrogen-bond acceptors (Lipinski definition) is 1. The van der Waals surface area contributed by atoms with Gasteiger partial charge in [0.05, 0.1) is 5.69 Å². The van der Waals surface area contributed by atoms with Gasteiger partial charge in [-0.3, -0.25) is 4.98 Å². The maximum absolute atomic E-state index is 4.40. The van der Waals surface area contributed by atoms with Crippen LogP contribution in [0.25, 0.3) is 10.8 Å². The van der Waals surface area contributed by atoms with Gasteiger partial charge in [-0.2, -0.15) is 0 Å². The van der Waals surface area contributed by atoms with Gasteiger partial charge in [-0.15, -0.1) is 0 Å². The van der Waals surface area contributed by atoms with E-state index in [1.807, 2.05) is 24.4 Å². The normalized spacial score (nSPS) is 11.0. The highest BCUT2D eigenvalue weighted by atomic mass is 14.7. The highest BCUT2D eigenvalue weighted by Gasteiger charge is 2.10. The lowest BCUT2D eigenvalue weighted by Crippen LogP contribution is -1.99. The van der Waals surface area contributed by atoms with E-state index >= 15 is 0 Å². The van der Waals surface area contributed by atoms with Crippen molar-refractivity contribution >= 4 is 10.8 Å². The predicted octanol–water partition coefficient (Wildman–Crippen LogP) is 4.23. The zero-order valence-electron chi connectivity index (χ0n) is 10.3. The largest absolute Gasteiger partial charge is 0.260 e. The Morgan fingerprint density at radius 2 is 1.61 bits per heavy atom. The number of fused-ring (bicyclic) bond motifs is 1. The van der Waals surface area contributed by atoms with E-state index in [2.05, 4.69) is 54.4 Å². The van der Waals surface area contributed by atoms with Crippen molar-refractivity contribution in [2.75, 3.05) is 0 Å². The van der Waals surface area contributed by atoms with Crippen molar-refractivity contribution in [3.8, 4) is 0 Å². The second-order valence-corrected chi connectivity index (χ2v) is 4.40. The Morgan fingerprint density at radius 3 is 2.39 bits per heavy atom. The Morgan fingerprint density at radius 1 is 0.833 bits per heavy atom. The van der Waals surface area contributed by atoms with Crippen molar-refractivity contribution in [3.63, 3.8) is 0 Å². The van der Waals surface area contributed by atoms with Crippen LogP contribution in [0.3, 0.4) is 0 Å². The van der Waals surface area contributed by atoms with Crippen molar-refractivity contribution in [2.24, 2.45) is 0 Å². The van der Waals surface area contributed by atoms with E-state index in [1.54, 1.807) is 0 Å². The summed E-state index contributed by atoms with van der Waals surface area (Å²) in [6.45, 7) is 2.12. The fourth-order valence-electron chi connectivity index (χ4n) is 2.16. The molecule has 0 fully saturated rings. The number of hydrogen-bond donors (Lipinski definition) is 0. The van der Waals surface area contributed by atoms with Gasteiger partial charge in [0.1, 0.15) is 0 Å². The summed E-state index contributed by atoms with van der Waals surface area (Å²) < 4.78 is 0. The van der Waals surface area contributed by atoms with Crippen LogP contribution in [0.2, 0.25) is 0 Å². The molecule has 0 aliphatic heterocycles. The third-order valence-corrected chi connectivity index (χ3v) is 3.23. The molecule has 1 heterocycles. The maximum atomic E-state index is 4.40. The summed E-state index contributed by atoms with van der Waals surface area (Å²) in [5.74, 6) is 1.21. The molecule has 0 aliphatic carbocycles. The lowest BCUT2D eigenvalue weighted by atomic mass is 9.95. The Kier molecular flexibility index (Phi) is 2.81. The molecular weight excluding hydrogens is 218 g/mol. The Hall–Kier alpha value is -2.15. The topological polar surface area (TPSA) is 12.9 Å². The van der Waals surface area contributed by atoms with Gasteiger partial charge in [0.2, 0.25) is 0 Å². The van der Waals surface area contributed by atoms with Crippen LogP contribution in [0.4, 0.5) is 0 Å². The minimum atomic E-state index is 1.03. The summed E-state index contributed by atoms with van der Waals surface area (Å²) in [7, 11) is 0. The third kappa shape index (κ3) is 2.00. The second-order valence-electron chi connectivity index (χ2n) is 4.40. The Balaban J connectivity index is 2.04. The molecule has 18 heavy (non-hydrogen) atoms. The molecule has 0 spiro atoms. The van der Waals surface area contributed by atoms with E-state index in [0.717, 1.165) is 5.69 Å². The summed E-state index contributed by atoms with van der Waals surface area (Å²) in [6.07, 6.45) is 1.83. The van der Waals surface area contributed by atoms with E-state index in [-0.39, 0.29) is 0 Å². The number of benzene rings is 2. The molecule has 0 atom stereocenters. The van der Waals surface area contributed by atoms with Crippen LogP contribution >= 0.6 is 0 Å². The molecule has 1 aromatic heterocycles. The third-order valence-electron chi connectivity index (χ3n) is 3.23. The highest BCUT2D eigenvalue weighted by Crippen LogP contribution is 2.24. The van der Waals surface area contributed by atoms with Crippen molar-refractivity contribution in [3.05, 3.63) is 84.0 Å². The fraction of sp³-hybridized carbons (Fsp3) is 0.0588. The lowest BCUT2D eigenvalue weighted by Gasteiger charge is -2.11. The van der Waals surface area contributed by atoms with Crippen LogP contribution in [-0.2, 0) is 0 Å². The average molecular weight is 232 g/mol. The number of nitrogens with zero attached hydrogens (tertiary/aromatic N) is 1. The first kappa shape index (κ1) is 11.0. The molecule has 1 heteroatoms. The second kappa shape index (κ2) is 4.61. The molecule has 3 rings (SSSR count). The van der Waals surface area contributed by atoms with Crippen LogP contribution in [0.5, 0.6) is 0 Å². The minimum Gasteiger partial charge on any atom is -0.260 e. The molecule has 0 N–H and O–H groups in total. The van der Waals surface area contributed by atoms with Gasteiger partial charge >= 0.3 is 0 Å². The monoisotopic (exact) mass is 232 g/mol. The van der Waals surface area contributed by atoms with Crippen molar-refractivity contribution in [2.45, 2.75) is 6.92 Å². The van der Waals surface area contributed by atoms with Crippen molar-refractivity contribution in [1.82, 2.24) is 4.98 Å².